The van der Waals surface area contributed by atoms with Gasteiger partial charge >= 0.3 is 0 Å². The van der Waals surface area contributed by atoms with Crippen molar-refractivity contribution in [3.8, 4) is 10.4 Å². The second kappa shape index (κ2) is 3.79. The van der Waals surface area contributed by atoms with Crippen LogP contribution in [-0.2, 0) is 0 Å². The number of nitrogens with zero attached hydrogens (tertiary/aromatic N) is 2. The fraction of sp³-hybridized carbons (Fsp3) is 0.111. The fourth-order valence-corrected chi connectivity index (χ4v) is 1.82. The lowest BCUT2D eigenvalue weighted by Gasteiger charge is -1.93. The summed E-state index contributed by atoms with van der Waals surface area (Å²) < 4.78 is 24.5. The molecule has 0 spiro atoms. The molecule has 0 unspecified atom stereocenters. The molecule has 0 fully saturated rings. The standard InChI is InChI=1S/C9H6F2N2S/c10-8(11)9-13-5-7(14-9)6-1-3-12-4-2-6/h1-5,8H. The molecule has 0 atom stereocenters. The summed E-state index contributed by atoms with van der Waals surface area (Å²) in [5, 5.41) is -0.142. The van der Waals surface area contributed by atoms with E-state index in [-0.39, 0.29) is 5.01 Å². The van der Waals surface area contributed by atoms with E-state index in [1.165, 1.54) is 6.20 Å². The minimum Gasteiger partial charge on any atom is -0.265 e. The SMILES string of the molecule is FC(F)c1ncc(-c2ccncc2)s1. The first-order chi connectivity index (χ1) is 6.77. The monoisotopic (exact) mass is 212 g/mol. The van der Waals surface area contributed by atoms with Crippen molar-refractivity contribution >= 4 is 11.3 Å². The molecule has 0 aliphatic carbocycles. The second-order valence-electron chi connectivity index (χ2n) is 2.60. The molecule has 0 radical (unpaired) electrons. The van der Waals surface area contributed by atoms with Crippen molar-refractivity contribution in [1.29, 1.82) is 0 Å². The predicted molar refractivity (Wildman–Crippen MR) is 50.3 cm³/mol. The highest BCUT2D eigenvalue weighted by Crippen LogP contribution is 2.30. The van der Waals surface area contributed by atoms with E-state index in [0.717, 1.165) is 21.8 Å². The molecule has 2 heterocycles. The van der Waals surface area contributed by atoms with E-state index >= 15 is 0 Å². The molecule has 0 bridgehead atoms. The number of rotatable bonds is 2. The smallest absolute Gasteiger partial charge is 0.265 e. The number of pyridine rings is 1. The van der Waals surface area contributed by atoms with Crippen molar-refractivity contribution in [3.05, 3.63) is 35.7 Å². The lowest BCUT2D eigenvalue weighted by atomic mass is 10.2. The minimum absolute atomic E-state index is 0.142. The molecule has 0 N–H and O–H groups in total. The van der Waals surface area contributed by atoms with E-state index in [0.29, 0.717) is 0 Å². The van der Waals surface area contributed by atoms with Gasteiger partial charge in [0.25, 0.3) is 6.43 Å². The average molecular weight is 212 g/mol. The van der Waals surface area contributed by atoms with Crippen molar-refractivity contribution in [2.45, 2.75) is 6.43 Å². The van der Waals surface area contributed by atoms with Crippen molar-refractivity contribution in [1.82, 2.24) is 9.97 Å². The van der Waals surface area contributed by atoms with Crippen LogP contribution in [0.4, 0.5) is 8.78 Å². The number of hydrogen-bond donors (Lipinski definition) is 0. The Hall–Kier alpha value is -1.36. The average Bonchev–Trinajstić information content (AvgIpc) is 2.68. The van der Waals surface area contributed by atoms with E-state index < -0.39 is 6.43 Å². The van der Waals surface area contributed by atoms with Gasteiger partial charge in [0.05, 0.1) is 4.88 Å². The van der Waals surface area contributed by atoms with Gasteiger partial charge in [0.15, 0.2) is 5.01 Å². The Kier molecular flexibility index (Phi) is 2.49. The quantitative estimate of drug-likeness (QED) is 0.764. The Morgan fingerprint density at radius 1 is 1.21 bits per heavy atom. The van der Waals surface area contributed by atoms with Crippen LogP contribution in [-0.4, -0.2) is 9.97 Å². The molecule has 0 saturated carbocycles. The first-order valence-electron chi connectivity index (χ1n) is 3.91. The topological polar surface area (TPSA) is 25.8 Å². The number of hydrogen-bond acceptors (Lipinski definition) is 3. The number of thiazole rings is 1. The molecule has 0 saturated heterocycles. The zero-order chi connectivity index (χ0) is 9.97. The molecule has 5 heteroatoms. The second-order valence-corrected chi connectivity index (χ2v) is 3.66. The highest BCUT2D eigenvalue weighted by Gasteiger charge is 2.12. The van der Waals surface area contributed by atoms with Gasteiger partial charge in [-0.25, -0.2) is 13.8 Å². The van der Waals surface area contributed by atoms with Crippen LogP contribution >= 0.6 is 11.3 Å². The molecule has 14 heavy (non-hydrogen) atoms. The largest absolute Gasteiger partial charge is 0.289 e. The molecule has 0 aromatic carbocycles. The Bertz CT molecular complexity index is 414. The van der Waals surface area contributed by atoms with Gasteiger partial charge in [-0.05, 0) is 17.7 Å². The first kappa shape index (κ1) is 9.21. The van der Waals surface area contributed by atoms with Gasteiger partial charge in [-0.1, -0.05) is 0 Å². The Morgan fingerprint density at radius 2 is 1.93 bits per heavy atom. The van der Waals surface area contributed by atoms with Gasteiger partial charge < -0.3 is 0 Å². The van der Waals surface area contributed by atoms with Gasteiger partial charge in [0.2, 0.25) is 0 Å². The van der Waals surface area contributed by atoms with E-state index in [9.17, 15) is 8.78 Å². The Morgan fingerprint density at radius 3 is 2.50 bits per heavy atom. The van der Waals surface area contributed by atoms with Gasteiger partial charge in [-0.3, -0.25) is 4.98 Å². The third-order valence-corrected chi connectivity index (χ3v) is 2.73. The fourth-order valence-electron chi connectivity index (χ4n) is 1.04. The van der Waals surface area contributed by atoms with Gasteiger partial charge in [-0.2, -0.15) is 0 Å². The molecule has 2 aromatic rings. The van der Waals surface area contributed by atoms with Crippen LogP contribution in [0.3, 0.4) is 0 Å². The molecule has 0 aliphatic rings. The summed E-state index contributed by atoms with van der Waals surface area (Å²) in [4.78, 5) is 8.23. The van der Waals surface area contributed by atoms with Crippen molar-refractivity contribution in [3.63, 3.8) is 0 Å². The predicted octanol–water partition coefficient (Wildman–Crippen LogP) is 3.14. The van der Waals surface area contributed by atoms with E-state index in [1.54, 1.807) is 24.5 Å². The molecule has 2 aromatic heterocycles. The normalized spacial score (nSPS) is 10.8. The molecule has 2 rings (SSSR count). The summed E-state index contributed by atoms with van der Waals surface area (Å²) in [6, 6.07) is 3.53. The molecule has 0 amide bonds. The highest BCUT2D eigenvalue weighted by molar-refractivity contribution is 7.15. The molecular weight excluding hydrogens is 206 g/mol. The summed E-state index contributed by atoms with van der Waals surface area (Å²) in [5.41, 5.74) is 0.865. The summed E-state index contributed by atoms with van der Waals surface area (Å²) >= 11 is 1.01. The number of aromatic nitrogens is 2. The highest BCUT2D eigenvalue weighted by atomic mass is 32.1. The third-order valence-electron chi connectivity index (χ3n) is 1.68. The van der Waals surface area contributed by atoms with Crippen LogP contribution in [0.25, 0.3) is 10.4 Å². The van der Waals surface area contributed by atoms with Crippen LogP contribution in [0.5, 0.6) is 0 Å². The number of alkyl halides is 2. The first-order valence-corrected chi connectivity index (χ1v) is 4.73. The number of halogens is 2. The molecular formula is C9H6F2N2S. The zero-order valence-corrected chi connectivity index (χ0v) is 7.84. The lowest BCUT2D eigenvalue weighted by molar-refractivity contribution is 0.151. The van der Waals surface area contributed by atoms with Crippen molar-refractivity contribution in [2.75, 3.05) is 0 Å². The maximum atomic E-state index is 12.2. The van der Waals surface area contributed by atoms with Gasteiger partial charge in [0.1, 0.15) is 0 Å². The summed E-state index contributed by atoms with van der Waals surface area (Å²) in [7, 11) is 0. The maximum absolute atomic E-state index is 12.2. The summed E-state index contributed by atoms with van der Waals surface area (Å²) in [5.74, 6) is 0. The molecule has 72 valence electrons. The van der Waals surface area contributed by atoms with Crippen molar-refractivity contribution in [2.24, 2.45) is 0 Å². The van der Waals surface area contributed by atoms with Crippen LogP contribution in [0.15, 0.2) is 30.7 Å². The van der Waals surface area contributed by atoms with Crippen LogP contribution in [0.1, 0.15) is 11.4 Å². The maximum Gasteiger partial charge on any atom is 0.289 e. The van der Waals surface area contributed by atoms with Gasteiger partial charge in [-0.15, -0.1) is 11.3 Å². The summed E-state index contributed by atoms with van der Waals surface area (Å²) in [6.07, 6.45) is 2.21. The van der Waals surface area contributed by atoms with Crippen LogP contribution < -0.4 is 0 Å². The van der Waals surface area contributed by atoms with E-state index in [4.69, 9.17) is 0 Å². The van der Waals surface area contributed by atoms with E-state index in [1.807, 2.05) is 0 Å². The lowest BCUT2D eigenvalue weighted by Crippen LogP contribution is -1.77. The van der Waals surface area contributed by atoms with Crippen LogP contribution in [0, 0.1) is 0 Å². The molecule has 0 aliphatic heterocycles. The zero-order valence-electron chi connectivity index (χ0n) is 7.02. The third kappa shape index (κ3) is 1.77. The Balaban J connectivity index is 2.34. The molecule has 2 nitrogen and oxygen atoms in total. The Labute approximate surface area is 83.3 Å². The van der Waals surface area contributed by atoms with Crippen molar-refractivity contribution < 1.29 is 8.78 Å². The van der Waals surface area contributed by atoms with Gasteiger partial charge in [0, 0.05) is 18.6 Å². The van der Waals surface area contributed by atoms with Crippen LogP contribution in [0.2, 0.25) is 0 Å². The summed E-state index contributed by atoms with van der Waals surface area (Å²) in [6.45, 7) is 0. The van der Waals surface area contributed by atoms with E-state index in [2.05, 4.69) is 9.97 Å². The minimum atomic E-state index is -2.49.